The monoisotopic (exact) mass is 368 g/mol. The zero-order valence-corrected chi connectivity index (χ0v) is 15.8. The molecule has 4 rings (SSSR count). The van der Waals surface area contributed by atoms with Gasteiger partial charge in [0.15, 0.2) is 5.69 Å². The Bertz CT molecular complexity index is 817. The quantitative estimate of drug-likeness (QED) is 0.902. The molecule has 1 saturated carbocycles. The van der Waals surface area contributed by atoms with Crippen molar-refractivity contribution in [2.24, 2.45) is 0 Å². The highest BCUT2D eigenvalue weighted by Gasteiger charge is 2.24. The Hall–Kier alpha value is -2.37. The Labute approximate surface area is 159 Å². The first kappa shape index (κ1) is 18.0. The van der Waals surface area contributed by atoms with Crippen LogP contribution in [0.3, 0.4) is 0 Å². The number of hydrogen-bond acceptors (Lipinski definition) is 3. The summed E-state index contributed by atoms with van der Waals surface area (Å²) in [5.41, 5.74) is 1.31. The molecule has 0 radical (unpaired) electrons. The van der Waals surface area contributed by atoms with Crippen molar-refractivity contribution in [3.63, 3.8) is 0 Å². The molecule has 0 atom stereocenters. The van der Waals surface area contributed by atoms with Crippen molar-refractivity contribution in [3.05, 3.63) is 30.0 Å². The van der Waals surface area contributed by atoms with Crippen molar-refractivity contribution in [2.75, 3.05) is 13.1 Å². The van der Waals surface area contributed by atoms with E-state index in [1.807, 2.05) is 29.2 Å². The van der Waals surface area contributed by atoms with Gasteiger partial charge in [0, 0.05) is 24.5 Å². The summed E-state index contributed by atoms with van der Waals surface area (Å²) < 4.78 is 1.69. The van der Waals surface area contributed by atoms with Gasteiger partial charge >= 0.3 is 0 Å². The Morgan fingerprint density at radius 1 is 1.00 bits per heavy atom. The lowest BCUT2D eigenvalue weighted by molar-refractivity contribution is -0.122. The first-order valence-electron chi connectivity index (χ1n) is 10.3. The van der Waals surface area contributed by atoms with Crippen LogP contribution in [0.5, 0.6) is 0 Å². The van der Waals surface area contributed by atoms with Crippen LogP contribution in [0.15, 0.2) is 24.3 Å². The van der Waals surface area contributed by atoms with Crippen molar-refractivity contribution in [3.8, 4) is 0 Å². The molecule has 1 N–H and O–H groups in total. The highest BCUT2D eigenvalue weighted by Crippen LogP contribution is 2.22. The number of carbonyl (C=O) groups is 2. The van der Waals surface area contributed by atoms with Crippen LogP contribution in [0.25, 0.3) is 10.9 Å². The van der Waals surface area contributed by atoms with Crippen LogP contribution in [0, 0.1) is 0 Å². The van der Waals surface area contributed by atoms with Crippen LogP contribution >= 0.6 is 0 Å². The molecule has 2 aliphatic rings. The second-order valence-electron chi connectivity index (χ2n) is 7.78. The van der Waals surface area contributed by atoms with E-state index in [1.165, 1.54) is 25.7 Å². The maximum Gasteiger partial charge on any atom is 0.275 e. The molecule has 6 heteroatoms. The topological polar surface area (TPSA) is 67.2 Å². The number of hydrogen-bond donors (Lipinski definition) is 1. The van der Waals surface area contributed by atoms with Crippen LogP contribution in [-0.2, 0) is 11.3 Å². The summed E-state index contributed by atoms with van der Waals surface area (Å²) in [6.45, 7) is 1.74. The van der Waals surface area contributed by atoms with Crippen LogP contribution in [-0.4, -0.2) is 45.6 Å². The molecule has 2 heterocycles. The number of para-hydroxylation sites is 1. The fourth-order valence-corrected chi connectivity index (χ4v) is 4.31. The normalized spacial score (nSPS) is 18.6. The van der Waals surface area contributed by atoms with E-state index in [-0.39, 0.29) is 24.4 Å². The van der Waals surface area contributed by atoms with E-state index in [9.17, 15) is 9.59 Å². The summed E-state index contributed by atoms with van der Waals surface area (Å²) >= 11 is 0. The highest BCUT2D eigenvalue weighted by atomic mass is 16.2. The minimum absolute atomic E-state index is 0.0164. The van der Waals surface area contributed by atoms with Gasteiger partial charge in [-0.25, -0.2) is 0 Å². The van der Waals surface area contributed by atoms with Gasteiger partial charge in [-0.15, -0.1) is 0 Å². The SMILES string of the molecule is O=C(Cn1nc(C(=O)N2CCCCC2)c2ccccc21)NC1CCCCC1. The summed E-state index contributed by atoms with van der Waals surface area (Å²) in [5.74, 6) is -0.0375. The number of benzene rings is 1. The van der Waals surface area contributed by atoms with Gasteiger partial charge in [-0.3, -0.25) is 14.3 Å². The van der Waals surface area contributed by atoms with Crippen molar-refractivity contribution < 1.29 is 9.59 Å². The maximum absolute atomic E-state index is 13.0. The molecule has 0 bridgehead atoms. The van der Waals surface area contributed by atoms with E-state index in [2.05, 4.69) is 10.4 Å². The van der Waals surface area contributed by atoms with Crippen LogP contribution in [0.1, 0.15) is 61.9 Å². The molecule has 27 heavy (non-hydrogen) atoms. The fourth-order valence-electron chi connectivity index (χ4n) is 4.31. The van der Waals surface area contributed by atoms with E-state index in [1.54, 1.807) is 4.68 Å². The first-order chi connectivity index (χ1) is 13.2. The predicted octanol–water partition coefficient (Wildman–Crippen LogP) is 3.11. The van der Waals surface area contributed by atoms with Gasteiger partial charge in [-0.2, -0.15) is 5.10 Å². The van der Waals surface area contributed by atoms with Gasteiger partial charge in [-0.05, 0) is 38.2 Å². The fraction of sp³-hybridized carbons (Fsp3) is 0.571. The maximum atomic E-state index is 13.0. The second kappa shape index (κ2) is 8.11. The number of aromatic nitrogens is 2. The smallest absolute Gasteiger partial charge is 0.275 e. The molecular formula is C21H28N4O2. The van der Waals surface area contributed by atoms with Crippen molar-refractivity contribution in [1.82, 2.24) is 20.0 Å². The standard InChI is InChI=1S/C21H28N4O2/c26-19(22-16-9-3-1-4-10-16)15-25-18-12-6-5-11-17(18)20(23-25)21(27)24-13-7-2-8-14-24/h5-6,11-12,16H,1-4,7-10,13-15H2,(H,22,26). The summed E-state index contributed by atoms with van der Waals surface area (Å²) in [4.78, 5) is 27.4. The zero-order valence-electron chi connectivity index (χ0n) is 15.8. The van der Waals surface area contributed by atoms with Crippen molar-refractivity contribution in [2.45, 2.75) is 64.0 Å². The average molecular weight is 368 g/mol. The van der Waals surface area contributed by atoms with E-state index < -0.39 is 0 Å². The molecule has 2 amide bonds. The molecule has 1 aliphatic carbocycles. The van der Waals surface area contributed by atoms with Gasteiger partial charge in [0.05, 0.1) is 5.52 Å². The molecule has 2 aromatic rings. The third-order valence-corrected chi connectivity index (χ3v) is 5.77. The van der Waals surface area contributed by atoms with E-state index in [4.69, 9.17) is 0 Å². The summed E-state index contributed by atoms with van der Waals surface area (Å²) in [6, 6.07) is 7.98. The molecule has 0 unspecified atom stereocenters. The molecule has 144 valence electrons. The lowest BCUT2D eigenvalue weighted by Gasteiger charge is -2.25. The van der Waals surface area contributed by atoms with E-state index in [0.29, 0.717) is 5.69 Å². The van der Waals surface area contributed by atoms with Crippen LogP contribution in [0.4, 0.5) is 0 Å². The Balaban J connectivity index is 1.54. The molecular weight excluding hydrogens is 340 g/mol. The van der Waals surface area contributed by atoms with Gasteiger partial charge in [0.1, 0.15) is 6.54 Å². The van der Waals surface area contributed by atoms with Gasteiger partial charge in [-0.1, -0.05) is 37.5 Å². The largest absolute Gasteiger partial charge is 0.352 e. The lowest BCUT2D eigenvalue weighted by Crippen LogP contribution is -2.38. The van der Waals surface area contributed by atoms with E-state index in [0.717, 1.165) is 49.7 Å². The summed E-state index contributed by atoms with van der Waals surface area (Å²) in [6.07, 6.45) is 9.03. The zero-order chi connectivity index (χ0) is 18.6. The van der Waals surface area contributed by atoms with Gasteiger partial charge in [0.2, 0.25) is 5.91 Å². The Kier molecular flexibility index (Phi) is 5.41. The van der Waals surface area contributed by atoms with Crippen molar-refractivity contribution in [1.29, 1.82) is 0 Å². The average Bonchev–Trinajstić information content (AvgIpc) is 3.07. The molecule has 1 aromatic heterocycles. The highest BCUT2D eigenvalue weighted by molar-refractivity contribution is 6.05. The lowest BCUT2D eigenvalue weighted by atomic mass is 9.95. The number of likely N-dealkylation sites (tertiary alicyclic amines) is 1. The predicted molar refractivity (Wildman–Crippen MR) is 105 cm³/mol. The molecule has 1 aromatic carbocycles. The molecule has 1 saturated heterocycles. The molecule has 1 aliphatic heterocycles. The number of rotatable bonds is 4. The van der Waals surface area contributed by atoms with Crippen LogP contribution < -0.4 is 5.32 Å². The Morgan fingerprint density at radius 2 is 1.70 bits per heavy atom. The van der Waals surface area contributed by atoms with Crippen molar-refractivity contribution >= 4 is 22.7 Å². The minimum Gasteiger partial charge on any atom is -0.352 e. The number of piperidine rings is 1. The number of nitrogens with zero attached hydrogens (tertiary/aromatic N) is 3. The van der Waals surface area contributed by atoms with Crippen LogP contribution in [0.2, 0.25) is 0 Å². The number of fused-ring (bicyclic) bond motifs is 1. The summed E-state index contributed by atoms with van der Waals surface area (Å²) in [5, 5.41) is 8.53. The third-order valence-electron chi connectivity index (χ3n) is 5.77. The molecule has 2 fully saturated rings. The van der Waals surface area contributed by atoms with Gasteiger partial charge in [0.25, 0.3) is 5.91 Å². The minimum atomic E-state index is -0.0212. The summed E-state index contributed by atoms with van der Waals surface area (Å²) in [7, 11) is 0. The first-order valence-corrected chi connectivity index (χ1v) is 10.3. The number of amides is 2. The number of carbonyl (C=O) groups excluding carboxylic acids is 2. The third kappa shape index (κ3) is 3.99. The molecule has 6 nitrogen and oxygen atoms in total. The Morgan fingerprint density at radius 3 is 2.48 bits per heavy atom. The number of nitrogens with one attached hydrogen (secondary N) is 1. The van der Waals surface area contributed by atoms with Gasteiger partial charge < -0.3 is 10.2 Å². The van der Waals surface area contributed by atoms with E-state index >= 15 is 0 Å². The molecule has 0 spiro atoms. The second-order valence-corrected chi connectivity index (χ2v) is 7.78.